The van der Waals surface area contributed by atoms with Crippen LogP contribution in [-0.4, -0.2) is 9.55 Å². The summed E-state index contributed by atoms with van der Waals surface area (Å²) in [5, 5.41) is 9.50. The zero-order chi connectivity index (χ0) is 14.1. The van der Waals surface area contributed by atoms with Gasteiger partial charge in [0, 0.05) is 0 Å². The Hall–Kier alpha value is -1.82. The highest BCUT2D eigenvalue weighted by atomic mass is 15.1. The first-order chi connectivity index (χ1) is 9.74. The Morgan fingerprint density at radius 1 is 1.35 bits per heavy atom. The van der Waals surface area contributed by atoms with Crippen molar-refractivity contribution in [3.8, 4) is 6.07 Å². The van der Waals surface area contributed by atoms with E-state index < -0.39 is 0 Å². The number of imidazole rings is 1. The van der Waals surface area contributed by atoms with E-state index in [1.807, 2.05) is 6.07 Å². The summed E-state index contributed by atoms with van der Waals surface area (Å²) >= 11 is 0. The van der Waals surface area contributed by atoms with Crippen LogP contribution in [0.1, 0.15) is 44.5 Å². The molecule has 3 rings (SSSR count). The van der Waals surface area contributed by atoms with Crippen LogP contribution in [-0.2, 0) is 0 Å². The summed E-state index contributed by atoms with van der Waals surface area (Å²) in [6.07, 6.45) is 4.53. The van der Waals surface area contributed by atoms with Crippen molar-refractivity contribution in [1.82, 2.24) is 9.55 Å². The Morgan fingerprint density at radius 3 is 2.90 bits per heavy atom. The Morgan fingerprint density at radius 2 is 2.15 bits per heavy atom. The standard InChI is InChI=1S/C17H21N3/c1-3-13-8-9-14(11-18)17(10-13)20-12(2)19-15-6-4-5-7-16(15)20/h4-7,13-14,17H,3,8-10H2,1-2H3. The minimum Gasteiger partial charge on any atom is -0.324 e. The number of hydrogen-bond donors (Lipinski definition) is 0. The van der Waals surface area contributed by atoms with Crippen LogP contribution in [0.3, 0.4) is 0 Å². The fourth-order valence-electron chi connectivity index (χ4n) is 3.62. The molecular weight excluding hydrogens is 246 g/mol. The van der Waals surface area contributed by atoms with Crippen LogP contribution < -0.4 is 0 Å². The number of nitrogens with zero attached hydrogens (tertiary/aromatic N) is 3. The Balaban J connectivity index is 2.07. The Kier molecular flexibility index (Phi) is 3.48. The van der Waals surface area contributed by atoms with Crippen molar-refractivity contribution in [2.75, 3.05) is 0 Å². The number of hydrogen-bond acceptors (Lipinski definition) is 2. The van der Waals surface area contributed by atoms with Crippen molar-refractivity contribution >= 4 is 11.0 Å². The molecule has 1 aromatic carbocycles. The normalized spacial score (nSPS) is 26.6. The van der Waals surface area contributed by atoms with E-state index in [0.717, 1.165) is 30.1 Å². The van der Waals surface area contributed by atoms with Crippen molar-refractivity contribution in [3.05, 3.63) is 30.1 Å². The van der Waals surface area contributed by atoms with Crippen molar-refractivity contribution in [3.63, 3.8) is 0 Å². The molecule has 3 nitrogen and oxygen atoms in total. The topological polar surface area (TPSA) is 41.6 Å². The average molecular weight is 267 g/mol. The lowest BCUT2D eigenvalue weighted by Gasteiger charge is -2.34. The quantitative estimate of drug-likeness (QED) is 0.816. The van der Waals surface area contributed by atoms with Gasteiger partial charge in [-0.05, 0) is 44.2 Å². The van der Waals surface area contributed by atoms with Gasteiger partial charge in [-0.25, -0.2) is 4.98 Å². The zero-order valence-electron chi connectivity index (χ0n) is 12.2. The third-order valence-electron chi connectivity index (χ3n) is 4.77. The second-order valence-corrected chi connectivity index (χ2v) is 5.91. The van der Waals surface area contributed by atoms with Gasteiger partial charge in [0.2, 0.25) is 0 Å². The average Bonchev–Trinajstić information content (AvgIpc) is 2.82. The van der Waals surface area contributed by atoms with Crippen LogP contribution in [0.5, 0.6) is 0 Å². The van der Waals surface area contributed by atoms with Crippen LogP contribution >= 0.6 is 0 Å². The van der Waals surface area contributed by atoms with E-state index in [0.29, 0.717) is 0 Å². The number of rotatable bonds is 2. The molecule has 1 heterocycles. The molecule has 104 valence electrons. The smallest absolute Gasteiger partial charge is 0.107 e. The fraction of sp³-hybridized carbons (Fsp3) is 0.529. The van der Waals surface area contributed by atoms with Gasteiger partial charge in [-0.2, -0.15) is 5.26 Å². The highest BCUT2D eigenvalue weighted by Gasteiger charge is 2.32. The number of aryl methyl sites for hydroxylation is 1. The van der Waals surface area contributed by atoms with Gasteiger partial charge >= 0.3 is 0 Å². The van der Waals surface area contributed by atoms with E-state index in [2.05, 4.69) is 47.7 Å². The van der Waals surface area contributed by atoms with E-state index in [9.17, 15) is 5.26 Å². The summed E-state index contributed by atoms with van der Waals surface area (Å²) in [4.78, 5) is 4.66. The fourth-order valence-corrected chi connectivity index (χ4v) is 3.62. The summed E-state index contributed by atoms with van der Waals surface area (Å²) in [6.45, 7) is 4.32. The van der Waals surface area contributed by atoms with Crippen molar-refractivity contribution in [2.24, 2.45) is 11.8 Å². The monoisotopic (exact) mass is 267 g/mol. The maximum Gasteiger partial charge on any atom is 0.107 e. The van der Waals surface area contributed by atoms with Crippen LogP contribution in [0.2, 0.25) is 0 Å². The molecule has 1 aromatic heterocycles. The Bertz CT molecular complexity index is 650. The van der Waals surface area contributed by atoms with Crippen molar-refractivity contribution in [1.29, 1.82) is 5.26 Å². The molecule has 0 amide bonds. The van der Waals surface area contributed by atoms with Gasteiger partial charge in [-0.3, -0.25) is 0 Å². The van der Waals surface area contributed by atoms with Crippen LogP contribution in [0.15, 0.2) is 24.3 Å². The van der Waals surface area contributed by atoms with Gasteiger partial charge in [0.15, 0.2) is 0 Å². The first kappa shape index (κ1) is 13.2. The third-order valence-corrected chi connectivity index (χ3v) is 4.77. The van der Waals surface area contributed by atoms with Gasteiger partial charge in [0.1, 0.15) is 5.82 Å². The van der Waals surface area contributed by atoms with Gasteiger partial charge < -0.3 is 4.57 Å². The molecule has 3 heteroatoms. The highest BCUT2D eigenvalue weighted by molar-refractivity contribution is 5.76. The van der Waals surface area contributed by atoms with E-state index in [1.165, 1.54) is 18.4 Å². The predicted octanol–water partition coefficient (Wildman–Crippen LogP) is 4.24. The van der Waals surface area contributed by atoms with Crippen LogP contribution in [0, 0.1) is 30.1 Å². The minimum atomic E-state index is 0.120. The van der Waals surface area contributed by atoms with Crippen molar-refractivity contribution < 1.29 is 0 Å². The molecule has 20 heavy (non-hydrogen) atoms. The van der Waals surface area contributed by atoms with Crippen molar-refractivity contribution in [2.45, 2.75) is 45.6 Å². The molecule has 1 aliphatic rings. The number of aromatic nitrogens is 2. The van der Waals surface area contributed by atoms with E-state index in [1.54, 1.807) is 0 Å². The molecule has 3 atom stereocenters. The molecule has 0 radical (unpaired) electrons. The predicted molar refractivity (Wildman–Crippen MR) is 80.2 cm³/mol. The van der Waals surface area contributed by atoms with Gasteiger partial charge in [-0.1, -0.05) is 25.5 Å². The molecule has 0 bridgehead atoms. The minimum absolute atomic E-state index is 0.120. The molecule has 3 unspecified atom stereocenters. The first-order valence-electron chi connectivity index (χ1n) is 7.57. The number of nitriles is 1. The van der Waals surface area contributed by atoms with E-state index in [4.69, 9.17) is 0 Å². The van der Waals surface area contributed by atoms with Gasteiger partial charge in [0.25, 0.3) is 0 Å². The lowest BCUT2D eigenvalue weighted by atomic mass is 9.77. The number of para-hydroxylation sites is 2. The van der Waals surface area contributed by atoms with E-state index in [-0.39, 0.29) is 12.0 Å². The SMILES string of the molecule is CCC1CCC(C#N)C(n2c(C)nc3ccccc32)C1. The molecule has 0 N–H and O–H groups in total. The molecule has 0 saturated heterocycles. The summed E-state index contributed by atoms with van der Waals surface area (Å²) in [5.41, 5.74) is 2.22. The zero-order valence-corrected chi connectivity index (χ0v) is 12.2. The van der Waals surface area contributed by atoms with Gasteiger partial charge in [0.05, 0.1) is 29.1 Å². The third kappa shape index (κ3) is 2.10. The summed E-state index contributed by atoms with van der Waals surface area (Å²) < 4.78 is 2.31. The molecular formula is C17H21N3. The lowest BCUT2D eigenvalue weighted by molar-refractivity contribution is 0.217. The van der Waals surface area contributed by atoms with Crippen LogP contribution in [0.25, 0.3) is 11.0 Å². The second kappa shape index (κ2) is 5.28. The molecule has 1 aliphatic carbocycles. The number of fused-ring (bicyclic) bond motifs is 1. The molecule has 1 saturated carbocycles. The molecule has 0 aliphatic heterocycles. The van der Waals surface area contributed by atoms with Gasteiger partial charge in [-0.15, -0.1) is 0 Å². The largest absolute Gasteiger partial charge is 0.324 e. The summed E-state index contributed by atoms with van der Waals surface area (Å²) in [5.74, 6) is 1.90. The van der Waals surface area contributed by atoms with E-state index >= 15 is 0 Å². The second-order valence-electron chi connectivity index (χ2n) is 5.91. The maximum absolute atomic E-state index is 9.50. The molecule has 0 spiro atoms. The summed E-state index contributed by atoms with van der Waals surface area (Å²) in [7, 11) is 0. The number of benzene rings is 1. The molecule has 1 fully saturated rings. The lowest BCUT2D eigenvalue weighted by Crippen LogP contribution is -2.27. The molecule has 2 aromatic rings. The first-order valence-corrected chi connectivity index (χ1v) is 7.57. The van der Waals surface area contributed by atoms with Crippen LogP contribution in [0.4, 0.5) is 0 Å². The Labute approximate surface area is 120 Å². The highest BCUT2D eigenvalue weighted by Crippen LogP contribution is 2.40. The summed E-state index contributed by atoms with van der Waals surface area (Å²) in [6, 6.07) is 11.1. The maximum atomic E-state index is 9.50.